The van der Waals surface area contributed by atoms with Crippen LogP contribution in [0.4, 0.5) is 4.39 Å². The molecular weight excluding hydrogens is 403 g/mol. The van der Waals surface area contributed by atoms with E-state index in [0.717, 1.165) is 5.69 Å². The quantitative estimate of drug-likeness (QED) is 0.638. The third kappa shape index (κ3) is 3.51. The summed E-state index contributed by atoms with van der Waals surface area (Å²) in [6, 6.07) is 5.18. The molecule has 31 heavy (non-hydrogen) atoms. The van der Waals surface area contributed by atoms with E-state index in [2.05, 4.69) is 25.5 Å². The summed E-state index contributed by atoms with van der Waals surface area (Å²) < 4.78 is 28.1. The van der Waals surface area contributed by atoms with Crippen LogP contribution in [0, 0.1) is 0 Å². The number of ether oxygens (including phenoxy) is 2. The number of nitrogens with one attached hydrogen (secondary N) is 1. The topological polar surface area (TPSA) is 107 Å². The number of piperidine rings is 1. The van der Waals surface area contributed by atoms with Crippen molar-refractivity contribution in [3.8, 4) is 28.7 Å². The number of phenols is 1. The van der Waals surface area contributed by atoms with E-state index in [0.29, 0.717) is 24.1 Å². The lowest BCUT2D eigenvalue weighted by Gasteiger charge is -2.39. The number of benzene rings is 1. The van der Waals surface area contributed by atoms with Gasteiger partial charge in [-0.2, -0.15) is 0 Å². The van der Waals surface area contributed by atoms with E-state index in [4.69, 9.17) is 9.47 Å². The number of aromatic hydroxyl groups is 1. The second-order valence-electron chi connectivity index (χ2n) is 8.24. The number of rotatable bonds is 5. The van der Waals surface area contributed by atoms with Crippen LogP contribution < -0.4 is 10.1 Å². The minimum absolute atomic E-state index is 0.00444. The molecule has 9 nitrogen and oxygen atoms in total. The van der Waals surface area contributed by atoms with Gasteiger partial charge in [-0.25, -0.2) is 14.4 Å². The van der Waals surface area contributed by atoms with Crippen molar-refractivity contribution in [2.45, 2.75) is 49.7 Å². The van der Waals surface area contributed by atoms with Gasteiger partial charge in [-0.1, -0.05) is 5.10 Å². The van der Waals surface area contributed by atoms with Crippen molar-refractivity contribution in [2.24, 2.45) is 0 Å². The highest BCUT2D eigenvalue weighted by Crippen LogP contribution is 2.40. The number of aromatic nitrogens is 5. The highest BCUT2D eigenvalue weighted by Gasteiger charge is 2.55. The fraction of sp³-hybridized carbons (Fsp3) is 0.429. The van der Waals surface area contributed by atoms with Crippen LogP contribution in [0.1, 0.15) is 19.8 Å². The monoisotopic (exact) mass is 426 g/mol. The first-order valence-corrected chi connectivity index (χ1v) is 10.1. The van der Waals surface area contributed by atoms with Crippen molar-refractivity contribution in [3.05, 3.63) is 43.1 Å². The maximum absolute atomic E-state index is 15.1. The molecule has 4 heterocycles. The molecule has 10 heteroatoms. The number of hydrogen-bond donors (Lipinski definition) is 2. The van der Waals surface area contributed by atoms with Gasteiger partial charge in [-0.15, -0.1) is 5.10 Å². The van der Waals surface area contributed by atoms with E-state index in [9.17, 15) is 5.11 Å². The Labute approximate surface area is 178 Å². The first kappa shape index (κ1) is 19.8. The average Bonchev–Trinajstić information content (AvgIpc) is 3.40. The Bertz CT molecular complexity index is 1060. The molecular formula is C21H23FN6O3. The molecule has 5 rings (SSSR count). The van der Waals surface area contributed by atoms with Gasteiger partial charge in [0, 0.05) is 43.6 Å². The van der Waals surface area contributed by atoms with Crippen molar-refractivity contribution in [3.63, 3.8) is 0 Å². The Morgan fingerprint density at radius 1 is 1.29 bits per heavy atom. The highest BCUT2D eigenvalue weighted by molar-refractivity contribution is 5.67. The number of hydrogen-bond acceptors (Lipinski definition) is 8. The molecule has 0 saturated carbocycles. The third-order valence-corrected chi connectivity index (χ3v) is 6.17. The van der Waals surface area contributed by atoms with Crippen molar-refractivity contribution < 1.29 is 19.0 Å². The van der Waals surface area contributed by atoms with Gasteiger partial charge in [0.15, 0.2) is 6.17 Å². The molecule has 162 valence electrons. The van der Waals surface area contributed by atoms with Gasteiger partial charge in [-0.3, -0.25) is 0 Å². The Morgan fingerprint density at radius 2 is 2.16 bits per heavy atom. The maximum Gasteiger partial charge on any atom is 0.336 e. The summed E-state index contributed by atoms with van der Waals surface area (Å²) in [6.45, 7) is 1.84. The Balaban J connectivity index is 1.32. The molecule has 0 radical (unpaired) electrons. The Kier molecular flexibility index (Phi) is 4.82. The fourth-order valence-electron chi connectivity index (χ4n) is 4.56. The lowest BCUT2D eigenvalue weighted by atomic mass is 9.88. The van der Waals surface area contributed by atoms with Crippen LogP contribution in [-0.4, -0.2) is 66.9 Å². The number of fused-ring (bicyclic) bond motifs is 2. The molecule has 2 N–H and O–H groups in total. The van der Waals surface area contributed by atoms with E-state index >= 15 is 4.39 Å². The summed E-state index contributed by atoms with van der Waals surface area (Å²) in [5, 5.41) is 21.9. The van der Waals surface area contributed by atoms with Crippen molar-refractivity contribution in [1.29, 1.82) is 0 Å². The second-order valence-corrected chi connectivity index (χ2v) is 8.24. The van der Waals surface area contributed by atoms with E-state index in [1.54, 1.807) is 42.5 Å². The third-order valence-electron chi connectivity index (χ3n) is 6.17. The van der Waals surface area contributed by atoms with Gasteiger partial charge in [-0.05, 0) is 25.5 Å². The summed E-state index contributed by atoms with van der Waals surface area (Å²) in [5.41, 5.74) is 0.923. The van der Waals surface area contributed by atoms with E-state index in [-0.39, 0.29) is 23.9 Å². The van der Waals surface area contributed by atoms with Gasteiger partial charge in [0.1, 0.15) is 17.5 Å². The summed E-state index contributed by atoms with van der Waals surface area (Å²) in [5.74, 6) is 0.0354. The van der Waals surface area contributed by atoms with Crippen LogP contribution in [0.15, 0.2) is 43.1 Å². The second kappa shape index (κ2) is 7.54. The zero-order chi connectivity index (χ0) is 21.6. The van der Waals surface area contributed by atoms with Gasteiger partial charge in [0.2, 0.25) is 0 Å². The van der Waals surface area contributed by atoms with Crippen molar-refractivity contribution in [1.82, 2.24) is 30.0 Å². The first-order valence-electron chi connectivity index (χ1n) is 10.1. The van der Waals surface area contributed by atoms with Crippen LogP contribution in [0.5, 0.6) is 11.8 Å². The molecule has 2 bridgehead atoms. The largest absolute Gasteiger partial charge is 0.507 e. The summed E-state index contributed by atoms with van der Waals surface area (Å²) in [6.07, 6.45) is 5.61. The smallest absolute Gasteiger partial charge is 0.336 e. The standard InChI is InChI=1S/C21H23FN6O3/c1-21-9-18(30-2)14(25-21)8-17(19(21)22)31-20-24-10-15(26-27-20)13-4-3-12(7-16(13)29)28-6-5-23-11-28/h3-7,10-11,14,17-19,25,29H,8-9H2,1-2H3/t14?,17-,18-,19+,21+/m1/s1. The first-order chi connectivity index (χ1) is 15.0. The van der Waals surface area contributed by atoms with E-state index in [1.807, 2.05) is 13.0 Å². The fourth-order valence-corrected chi connectivity index (χ4v) is 4.56. The van der Waals surface area contributed by atoms with Crippen molar-refractivity contribution in [2.75, 3.05) is 7.11 Å². The number of phenolic OH excluding ortho intramolecular Hbond substituents is 1. The molecule has 1 aromatic carbocycles. The van der Waals surface area contributed by atoms with Crippen LogP contribution in [-0.2, 0) is 4.74 Å². The predicted molar refractivity (Wildman–Crippen MR) is 109 cm³/mol. The summed E-state index contributed by atoms with van der Waals surface area (Å²) >= 11 is 0. The number of halogens is 1. The SMILES string of the molecule is CO[C@@H]1C[C@]2(C)NC1C[C@@H](Oc1ncc(-c3ccc(-n4ccnc4)cc3O)nn1)[C@@H]2F. The van der Waals surface area contributed by atoms with E-state index < -0.39 is 17.8 Å². The lowest BCUT2D eigenvalue weighted by molar-refractivity contribution is 0.00259. The van der Waals surface area contributed by atoms with E-state index in [1.165, 1.54) is 6.20 Å². The minimum Gasteiger partial charge on any atom is -0.507 e. The Hall–Kier alpha value is -3.11. The minimum atomic E-state index is -1.23. The summed E-state index contributed by atoms with van der Waals surface area (Å²) in [4.78, 5) is 8.18. The number of imidazole rings is 1. The van der Waals surface area contributed by atoms with Crippen LogP contribution in [0.3, 0.4) is 0 Å². The van der Waals surface area contributed by atoms with Gasteiger partial charge in [0.05, 0.1) is 29.9 Å². The molecule has 3 aromatic rings. The number of alkyl halides is 1. The highest BCUT2D eigenvalue weighted by atomic mass is 19.1. The van der Waals surface area contributed by atoms with Crippen LogP contribution >= 0.6 is 0 Å². The number of methoxy groups -OCH3 is 1. The maximum atomic E-state index is 15.1. The van der Waals surface area contributed by atoms with Crippen LogP contribution in [0.2, 0.25) is 0 Å². The molecule has 0 spiro atoms. The molecule has 0 aliphatic carbocycles. The predicted octanol–water partition coefficient (Wildman–Crippen LogP) is 2.05. The molecule has 2 aliphatic heterocycles. The van der Waals surface area contributed by atoms with Gasteiger partial charge < -0.3 is 24.5 Å². The van der Waals surface area contributed by atoms with Crippen LogP contribution in [0.25, 0.3) is 16.9 Å². The van der Waals surface area contributed by atoms with Gasteiger partial charge >= 0.3 is 6.01 Å². The lowest BCUT2D eigenvalue weighted by Crippen LogP contribution is -2.59. The molecule has 2 aliphatic rings. The summed E-state index contributed by atoms with van der Waals surface area (Å²) in [7, 11) is 1.64. The molecule has 0 amide bonds. The Morgan fingerprint density at radius 3 is 2.84 bits per heavy atom. The number of nitrogens with zero attached hydrogens (tertiary/aromatic N) is 5. The zero-order valence-corrected chi connectivity index (χ0v) is 17.1. The molecule has 2 fully saturated rings. The normalized spacial score (nSPS) is 29.8. The molecule has 2 saturated heterocycles. The molecule has 5 atom stereocenters. The molecule has 2 aromatic heterocycles. The average molecular weight is 426 g/mol. The zero-order valence-electron chi connectivity index (χ0n) is 17.1. The van der Waals surface area contributed by atoms with Crippen molar-refractivity contribution >= 4 is 0 Å². The molecule has 1 unspecified atom stereocenters. The van der Waals surface area contributed by atoms with Gasteiger partial charge in [0.25, 0.3) is 0 Å².